The number of rotatable bonds is 9. The van der Waals surface area contributed by atoms with Crippen molar-refractivity contribution >= 4 is 48.1 Å². The van der Waals surface area contributed by atoms with Crippen LogP contribution in [0, 0.1) is 0 Å². The quantitative estimate of drug-likeness (QED) is 0.277. The second kappa shape index (κ2) is 11.0. The SMILES string of the molecule is CNC(=O)c1csc(-c2cnc3c(ccn3COCC[Si](C)(C)C)c2NC2CCCN(C(=O)O)C2)n1. The Labute approximate surface area is 215 Å². The van der Waals surface area contributed by atoms with Gasteiger partial charge < -0.3 is 29.9 Å². The van der Waals surface area contributed by atoms with Gasteiger partial charge in [-0.15, -0.1) is 11.3 Å². The molecule has 36 heavy (non-hydrogen) atoms. The number of carbonyl (C=O) groups excluding carboxylic acids is 1. The number of ether oxygens (including phenoxy) is 1. The molecule has 1 aliphatic heterocycles. The van der Waals surface area contributed by atoms with E-state index < -0.39 is 14.2 Å². The van der Waals surface area contributed by atoms with Crippen LogP contribution in [0.1, 0.15) is 23.3 Å². The van der Waals surface area contributed by atoms with Gasteiger partial charge in [0.25, 0.3) is 5.91 Å². The molecule has 0 radical (unpaired) electrons. The number of hydrogen-bond donors (Lipinski definition) is 3. The predicted molar refractivity (Wildman–Crippen MR) is 145 cm³/mol. The van der Waals surface area contributed by atoms with E-state index in [0.29, 0.717) is 37.1 Å². The zero-order chi connectivity index (χ0) is 25.9. The molecule has 1 unspecified atom stereocenters. The molecule has 10 nitrogen and oxygen atoms in total. The van der Waals surface area contributed by atoms with E-state index >= 15 is 0 Å². The minimum absolute atomic E-state index is 0.0473. The van der Waals surface area contributed by atoms with Crippen LogP contribution in [0.3, 0.4) is 0 Å². The summed E-state index contributed by atoms with van der Waals surface area (Å²) in [6.07, 6.45) is 4.47. The maximum absolute atomic E-state index is 12.1. The molecule has 2 amide bonds. The van der Waals surface area contributed by atoms with Crippen LogP contribution in [0.15, 0.2) is 23.8 Å². The van der Waals surface area contributed by atoms with Gasteiger partial charge in [0.05, 0.1) is 11.3 Å². The minimum atomic E-state index is -1.17. The summed E-state index contributed by atoms with van der Waals surface area (Å²) in [5, 5.41) is 19.0. The number of aromatic nitrogens is 3. The van der Waals surface area contributed by atoms with E-state index in [0.717, 1.165) is 41.2 Å². The van der Waals surface area contributed by atoms with Gasteiger partial charge in [-0.1, -0.05) is 19.6 Å². The number of hydrogen-bond acceptors (Lipinski definition) is 7. The molecule has 0 aromatic carbocycles. The Bertz CT molecular complexity index is 1240. The third-order valence-electron chi connectivity index (χ3n) is 6.25. The van der Waals surface area contributed by atoms with E-state index in [1.165, 1.54) is 16.2 Å². The number of fused-ring (bicyclic) bond motifs is 1. The van der Waals surface area contributed by atoms with Crippen LogP contribution < -0.4 is 10.6 Å². The normalized spacial score (nSPS) is 16.3. The number of nitrogens with one attached hydrogen (secondary N) is 2. The Hall–Kier alpha value is -2.96. The molecule has 1 fully saturated rings. The Kier molecular flexibility index (Phi) is 7.96. The van der Waals surface area contributed by atoms with Crippen molar-refractivity contribution in [1.82, 2.24) is 24.8 Å². The number of amides is 2. The third-order valence-corrected chi connectivity index (χ3v) is 8.83. The molecule has 3 aromatic heterocycles. The molecule has 194 valence electrons. The van der Waals surface area contributed by atoms with E-state index in [4.69, 9.17) is 9.72 Å². The van der Waals surface area contributed by atoms with Crippen molar-refractivity contribution in [3.63, 3.8) is 0 Å². The van der Waals surface area contributed by atoms with E-state index in [9.17, 15) is 14.7 Å². The fourth-order valence-corrected chi connectivity index (χ4v) is 5.78. The van der Waals surface area contributed by atoms with Crippen molar-refractivity contribution in [3.05, 3.63) is 29.5 Å². The van der Waals surface area contributed by atoms with Crippen LogP contribution in [0.4, 0.5) is 10.5 Å². The maximum atomic E-state index is 12.1. The summed E-state index contributed by atoms with van der Waals surface area (Å²) in [7, 11) is 0.402. The summed E-state index contributed by atoms with van der Waals surface area (Å²) in [5.74, 6) is -0.243. The van der Waals surface area contributed by atoms with Gasteiger partial charge in [0.2, 0.25) is 0 Å². The first kappa shape index (κ1) is 26.1. The first-order valence-electron chi connectivity index (χ1n) is 12.1. The molecule has 0 bridgehead atoms. The highest BCUT2D eigenvalue weighted by Crippen LogP contribution is 2.37. The number of thiazole rings is 1. The molecular formula is C24H34N6O4SSi. The molecule has 4 heterocycles. The molecule has 3 aromatic rings. The molecule has 1 saturated heterocycles. The lowest BCUT2D eigenvalue weighted by molar-refractivity contribution is 0.0899. The number of carbonyl (C=O) groups is 2. The molecule has 1 aliphatic rings. The summed E-state index contributed by atoms with van der Waals surface area (Å²) in [4.78, 5) is 34.4. The van der Waals surface area contributed by atoms with Crippen molar-refractivity contribution in [2.45, 2.75) is 51.3 Å². The summed E-state index contributed by atoms with van der Waals surface area (Å²) < 4.78 is 7.94. The van der Waals surface area contributed by atoms with E-state index in [1.54, 1.807) is 18.6 Å². The summed E-state index contributed by atoms with van der Waals surface area (Å²) >= 11 is 1.38. The van der Waals surface area contributed by atoms with Gasteiger partial charge in [-0.2, -0.15) is 0 Å². The second-order valence-electron chi connectivity index (χ2n) is 10.2. The smallest absolute Gasteiger partial charge is 0.407 e. The van der Waals surface area contributed by atoms with Crippen molar-refractivity contribution < 1.29 is 19.4 Å². The first-order valence-corrected chi connectivity index (χ1v) is 16.7. The zero-order valence-electron chi connectivity index (χ0n) is 21.2. The molecular weight excluding hydrogens is 496 g/mol. The first-order chi connectivity index (χ1) is 17.2. The summed E-state index contributed by atoms with van der Waals surface area (Å²) in [5.41, 5.74) is 2.76. The topological polar surface area (TPSA) is 122 Å². The Morgan fingerprint density at radius 2 is 2.14 bits per heavy atom. The molecule has 0 aliphatic carbocycles. The standard InChI is InChI=1S/C24H34N6O4SSi/c1-25-22(31)19-14-35-23(28-19)18-12-26-21-17(7-9-30(21)15-34-10-11-36(2,3)4)20(18)27-16-6-5-8-29(13-16)24(32)33/h7,9,12,14,16H,5-6,8,10-11,13,15H2,1-4H3,(H,25,31)(H,26,27)(H,32,33). The van der Waals surface area contributed by atoms with Crippen LogP contribution >= 0.6 is 11.3 Å². The summed E-state index contributed by atoms with van der Waals surface area (Å²) in [6.45, 7) is 9.05. The van der Waals surface area contributed by atoms with E-state index in [1.807, 2.05) is 16.8 Å². The Balaban J connectivity index is 1.66. The fourth-order valence-electron chi connectivity index (χ4n) is 4.20. The number of carboxylic acid groups (broad SMARTS) is 1. The van der Waals surface area contributed by atoms with Gasteiger partial charge in [-0.05, 0) is 25.0 Å². The predicted octanol–water partition coefficient (Wildman–Crippen LogP) is 4.39. The van der Waals surface area contributed by atoms with E-state index in [2.05, 4.69) is 35.3 Å². The van der Waals surface area contributed by atoms with Gasteiger partial charge in [-0.25, -0.2) is 14.8 Å². The van der Waals surface area contributed by atoms with Gasteiger partial charge in [-0.3, -0.25) is 4.79 Å². The third kappa shape index (κ3) is 6.05. The second-order valence-corrected chi connectivity index (χ2v) is 16.7. The lowest BCUT2D eigenvalue weighted by Crippen LogP contribution is -2.44. The molecule has 4 rings (SSSR count). The van der Waals surface area contributed by atoms with Gasteiger partial charge in [0.1, 0.15) is 23.1 Å². The molecule has 3 N–H and O–H groups in total. The summed E-state index contributed by atoms with van der Waals surface area (Å²) in [6, 6.07) is 3.05. The Morgan fingerprint density at radius 3 is 2.86 bits per heavy atom. The van der Waals surface area contributed by atoms with Crippen molar-refractivity contribution in [2.24, 2.45) is 0 Å². The average Bonchev–Trinajstić information content (AvgIpc) is 3.49. The van der Waals surface area contributed by atoms with Crippen LogP contribution in [-0.4, -0.2) is 77.4 Å². The highest BCUT2D eigenvalue weighted by Gasteiger charge is 2.26. The number of piperidine rings is 1. The lowest BCUT2D eigenvalue weighted by atomic mass is 10.0. The van der Waals surface area contributed by atoms with Crippen LogP contribution in [0.25, 0.3) is 21.6 Å². The van der Waals surface area contributed by atoms with Crippen molar-refractivity contribution in [1.29, 1.82) is 0 Å². The maximum Gasteiger partial charge on any atom is 0.407 e. The zero-order valence-corrected chi connectivity index (χ0v) is 23.0. The lowest BCUT2D eigenvalue weighted by Gasteiger charge is -2.32. The largest absolute Gasteiger partial charge is 0.465 e. The monoisotopic (exact) mass is 530 g/mol. The molecule has 12 heteroatoms. The number of anilines is 1. The fraction of sp³-hybridized carbons (Fsp3) is 0.500. The van der Waals surface area contributed by atoms with Crippen molar-refractivity contribution in [2.75, 3.05) is 32.1 Å². The molecule has 0 spiro atoms. The van der Waals surface area contributed by atoms with Crippen molar-refractivity contribution in [3.8, 4) is 10.6 Å². The van der Waals surface area contributed by atoms with Gasteiger partial charge >= 0.3 is 6.09 Å². The molecule has 0 saturated carbocycles. The average molecular weight is 531 g/mol. The highest BCUT2D eigenvalue weighted by atomic mass is 32.1. The minimum Gasteiger partial charge on any atom is -0.465 e. The van der Waals surface area contributed by atoms with Crippen LogP contribution in [0.2, 0.25) is 25.7 Å². The number of pyridine rings is 1. The van der Waals surface area contributed by atoms with Gasteiger partial charge in [0, 0.05) is 64.0 Å². The highest BCUT2D eigenvalue weighted by molar-refractivity contribution is 7.13. The van der Waals surface area contributed by atoms with Crippen LogP contribution in [-0.2, 0) is 11.5 Å². The van der Waals surface area contributed by atoms with E-state index in [-0.39, 0.29) is 11.9 Å². The number of likely N-dealkylation sites (tertiary alicyclic amines) is 1. The van der Waals surface area contributed by atoms with Gasteiger partial charge in [0.15, 0.2) is 0 Å². The molecule has 1 atom stereocenters. The number of nitrogens with zero attached hydrogens (tertiary/aromatic N) is 4. The Morgan fingerprint density at radius 1 is 1.33 bits per heavy atom. The van der Waals surface area contributed by atoms with Crippen LogP contribution in [0.5, 0.6) is 0 Å².